The molecule has 0 unspecified atom stereocenters. The van der Waals surface area contributed by atoms with Gasteiger partial charge in [-0.15, -0.1) is 0 Å². The molecule has 3 heterocycles. The van der Waals surface area contributed by atoms with Gasteiger partial charge in [0.25, 0.3) is 0 Å². The van der Waals surface area contributed by atoms with Crippen molar-refractivity contribution in [2.45, 2.75) is 38.6 Å². The van der Waals surface area contributed by atoms with E-state index in [1.165, 1.54) is 12.0 Å². The molecule has 1 aliphatic heterocycles. The summed E-state index contributed by atoms with van der Waals surface area (Å²) in [5, 5.41) is 0. The van der Waals surface area contributed by atoms with Crippen molar-refractivity contribution in [3.63, 3.8) is 0 Å². The van der Waals surface area contributed by atoms with Crippen molar-refractivity contribution in [3.8, 4) is 0 Å². The fourth-order valence-electron chi connectivity index (χ4n) is 3.50. The standard InChI is InChI=1S/C19H20N4O3/c24-17-18(25)23(13-15-12-21-10-5-4-8-16(21)20-15)19(26)22(17)11-9-14-6-2-1-3-7-14/h4-6,8,10,12H,1-3,7,9,11,13H2. The van der Waals surface area contributed by atoms with E-state index in [9.17, 15) is 14.4 Å². The molecule has 1 fully saturated rings. The summed E-state index contributed by atoms with van der Waals surface area (Å²) in [6.07, 6.45) is 10.8. The first-order chi connectivity index (χ1) is 12.6. The number of hydrogen-bond acceptors (Lipinski definition) is 4. The zero-order chi connectivity index (χ0) is 18.1. The Balaban J connectivity index is 1.46. The molecule has 4 amide bonds. The Morgan fingerprint density at radius 1 is 1.04 bits per heavy atom. The third-order valence-corrected chi connectivity index (χ3v) is 4.91. The van der Waals surface area contributed by atoms with Crippen LogP contribution in [0, 0.1) is 0 Å². The van der Waals surface area contributed by atoms with Crippen LogP contribution in [0.15, 0.2) is 42.2 Å². The molecule has 7 heteroatoms. The highest BCUT2D eigenvalue weighted by molar-refractivity contribution is 6.44. The highest BCUT2D eigenvalue weighted by atomic mass is 16.2. The third-order valence-electron chi connectivity index (χ3n) is 4.91. The summed E-state index contributed by atoms with van der Waals surface area (Å²) in [4.78, 5) is 43.5. The lowest BCUT2D eigenvalue weighted by Crippen LogP contribution is -2.34. The minimum atomic E-state index is -0.773. The topological polar surface area (TPSA) is 75.0 Å². The fraction of sp³-hybridized carbons (Fsp3) is 0.368. The van der Waals surface area contributed by atoms with Gasteiger partial charge in [-0.05, 0) is 44.2 Å². The van der Waals surface area contributed by atoms with Crippen LogP contribution in [0.25, 0.3) is 5.65 Å². The van der Waals surface area contributed by atoms with Crippen molar-refractivity contribution in [1.29, 1.82) is 0 Å². The number of amides is 4. The maximum Gasteiger partial charge on any atom is 0.334 e. The number of hydrogen-bond donors (Lipinski definition) is 0. The SMILES string of the molecule is O=C1C(=O)N(Cc2cn3ccccc3n2)C(=O)N1CCC1=CCCCC1. The molecule has 2 aliphatic rings. The van der Waals surface area contributed by atoms with Crippen LogP contribution in [-0.2, 0) is 16.1 Å². The molecule has 1 aliphatic carbocycles. The highest BCUT2D eigenvalue weighted by Gasteiger charge is 2.44. The molecule has 2 aromatic heterocycles. The van der Waals surface area contributed by atoms with Crippen LogP contribution in [0.1, 0.15) is 37.8 Å². The van der Waals surface area contributed by atoms with Gasteiger partial charge in [0.15, 0.2) is 0 Å². The summed E-state index contributed by atoms with van der Waals surface area (Å²) in [5.74, 6) is -1.51. The van der Waals surface area contributed by atoms with Crippen molar-refractivity contribution in [2.75, 3.05) is 6.54 Å². The van der Waals surface area contributed by atoms with Gasteiger partial charge in [0.05, 0.1) is 12.2 Å². The molecule has 1 saturated heterocycles. The molecule has 2 aromatic rings. The molecular weight excluding hydrogens is 332 g/mol. The molecule has 4 rings (SSSR count). The number of imidazole rings is 1. The first-order valence-corrected chi connectivity index (χ1v) is 8.91. The molecule has 0 N–H and O–H groups in total. The number of carbonyl (C=O) groups is 3. The lowest BCUT2D eigenvalue weighted by Gasteiger charge is -2.17. The van der Waals surface area contributed by atoms with Gasteiger partial charge in [0.2, 0.25) is 0 Å². The van der Waals surface area contributed by atoms with Crippen LogP contribution in [-0.4, -0.2) is 43.6 Å². The van der Waals surface area contributed by atoms with Crippen molar-refractivity contribution >= 4 is 23.5 Å². The summed E-state index contributed by atoms with van der Waals surface area (Å²) in [6.45, 7) is 0.265. The number of carbonyl (C=O) groups excluding carboxylic acids is 3. The largest absolute Gasteiger partial charge is 0.334 e. The fourth-order valence-corrected chi connectivity index (χ4v) is 3.50. The first kappa shape index (κ1) is 16.5. The molecule has 0 bridgehead atoms. The Kier molecular flexibility index (Phi) is 4.28. The van der Waals surface area contributed by atoms with Gasteiger partial charge in [0, 0.05) is 18.9 Å². The number of allylic oxidation sites excluding steroid dienone is 1. The Hall–Kier alpha value is -2.96. The van der Waals surface area contributed by atoms with Gasteiger partial charge in [-0.2, -0.15) is 0 Å². The molecular formula is C19H20N4O3. The van der Waals surface area contributed by atoms with Crippen molar-refractivity contribution < 1.29 is 14.4 Å². The average Bonchev–Trinajstić information content (AvgIpc) is 3.16. The number of nitrogens with zero attached hydrogens (tertiary/aromatic N) is 4. The van der Waals surface area contributed by atoms with Crippen molar-refractivity contribution in [3.05, 3.63) is 47.9 Å². The summed E-state index contributed by atoms with van der Waals surface area (Å²) in [6, 6.07) is 5.03. The molecule has 0 radical (unpaired) electrons. The van der Waals surface area contributed by atoms with Gasteiger partial charge >= 0.3 is 17.8 Å². The summed E-state index contributed by atoms with van der Waals surface area (Å²) < 4.78 is 1.81. The Morgan fingerprint density at radius 3 is 2.65 bits per heavy atom. The molecule has 0 aromatic carbocycles. The number of imide groups is 2. The summed E-state index contributed by atoms with van der Waals surface area (Å²) in [5.41, 5.74) is 2.57. The zero-order valence-electron chi connectivity index (χ0n) is 14.4. The van der Waals surface area contributed by atoms with Gasteiger partial charge in [-0.1, -0.05) is 17.7 Å². The van der Waals surface area contributed by atoms with Crippen LogP contribution in [0.3, 0.4) is 0 Å². The number of pyridine rings is 1. The van der Waals surface area contributed by atoms with E-state index < -0.39 is 17.8 Å². The molecule has 134 valence electrons. The molecule has 26 heavy (non-hydrogen) atoms. The number of rotatable bonds is 5. The van der Waals surface area contributed by atoms with Crippen molar-refractivity contribution in [2.24, 2.45) is 0 Å². The van der Waals surface area contributed by atoms with E-state index in [4.69, 9.17) is 0 Å². The Bertz CT molecular complexity index is 881. The number of aromatic nitrogens is 2. The van der Waals surface area contributed by atoms with Crippen LogP contribution >= 0.6 is 0 Å². The quantitative estimate of drug-likeness (QED) is 0.471. The number of urea groups is 1. The monoisotopic (exact) mass is 352 g/mol. The zero-order valence-corrected chi connectivity index (χ0v) is 14.4. The van der Waals surface area contributed by atoms with E-state index in [1.54, 1.807) is 6.20 Å². The molecule has 7 nitrogen and oxygen atoms in total. The lowest BCUT2D eigenvalue weighted by atomic mass is 9.97. The molecule has 0 spiro atoms. The van der Waals surface area contributed by atoms with Gasteiger partial charge in [-0.25, -0.2) is 14.7 Å². The maximum atomic E-state index is 12.6. The first-order valence-electron chi connectivity index (χ1n) is 8.91. The predicted molar refractivity (Wildman–Crippen MR) is 94.0 cm³/mol. The molecule has 0 saturated carbocycles. The maximum absolute atomic E-state index is 12.6. The summed E-state index contributed by atoms with van der Waals surface area (Å²) in [7, 11) is 0. The Morgan fingerprint density at radius 2 is 1.88 bits per heavy atom. The normalized spacial score (nSPS) is 18.2. The minimum absolute atomic E-state index is 0.00425. The average molecular weight is 352 g/mol. The van der Waals surface area contributed by atoms with E-state index in [2.05, 4.69) is 11.1 Å². The van der Waals surface area contributed by atoms with Crippen molar-refractivity contribution in [1.82, 2.24) is 19.2 Å². The van der Waals surface area contributed by atoms with Crippen LogP contribution in [0.4, 0.5) is 4.79 Å². The second-order valence-corrected chi connectivity index (χ2v) is 6.69. The van der Waals surface area contributed by atoms with E-state index in [0.717, 1.165) is 34.7 Å². The second kappa shape index (κ2) is 6.74. The summed E-state index contributed by atoms with van der Waals surface area (Å²) >= 11 is 0. The van der Waals surface area contributed by atoms with E-state index in [1.807, 2.05) is 28.8 Å². The predicted octanol–water partition coefficient (Wildman–Crippen LogP) is 2.52. The third kappa shape index (κ3) is 3.00. The van der Waals surface area contributed by atoms with Gasteiger partial charge in [-0.3, -0.25) is 14.5 Å². The van der Waals surface area contributed by atoms with Crippen LogP contribution in [0.2, 0.25) is 0 Å². The van der Waals surface area contributed by atoms with Crippen LogP contribution < -0.4 is 0 Å². The van der Waals surface area contributed by atoms with Gasteiger partial charge < -0.3 is 4.40 Å². The van der Waals surface area contributed by atoms with E-state index >= 15 is 0 Å². The number of fused-ring (bicyclic) bond motifs is 1. The lowest BCUT2D eigenvalue weighted by molar-refractivity contribution is -0.143. The molecule has 0 atom stereocenters. The minimum Gasteiger partial charge on any atom is -0.307 e. The highest BCUT2D eigenvalue weighted by Crippen LogP contribution is 2.22. The van der Waals surface area contributed by atoms with Crippen LogP contribution in [0.5, 0.6) is 0 Å². The smallest absolute Gasteiger partial charge is 0.307 e. The Labute approximate surface area is 150 Å². The van der Waals surface area contributed by atoms with E-state index in [-0.39, 0.29) is 13.1 Å². The van der Waals surface area contributed by atoms with Gasteiger partial charge in [0.1, 0.15) is 5.65 Å². The van der Waals surface area contributed by atoms with E-state index in [0.29, 0.717) is 12.1 Å². The second-order valence-electron chi connectivity index (χ2n) is 6.69.